The van der Waals surface area contributed by atoms with Crippen molar-refractivity contribution in [1.82, 2.24) is 4.90 Å². The molecule has 1 N–H and O–H groups in total. The Balaban J connectivity index is 1.51. The summed E-state index contributed by atoms with van der Waals surface area (Å²) in [5, 5.41) is 4.15. The second-order valence-corrected chi connectivity index (χ2v) is 8.92. The summed E-state index contributed by atoms with van der Waals surface area (Å²) in [4.78, 5) is 24.7. The third kappa shape index (κ3) is 4.91. The van der Waals surface area contributed by atoms with E-state index in [1.807, 2.05) is 24.3 Å². The van der Waals surface area contributed by atoms with E-state index in [0.29, 0.717) is 10.7 Å². The lowest BCUT2D eigenvalue weighted by atomic mass is 9.99. The molecule has 2 aromatic carbocycles. The van der Waals surface area contributed by atoms with Crippen LogP contribution >= 0.6 is 23.4 Å². The van der Waals surface area contributed by atoms with Crippen molar-refractivity contribution < 1.29 is 9.18 Å². The maximum Gasteiger partial charge on any atom is 0.234 e. The number of anilines is 1. The fourth-order valence-corrected chi connectivity index (χ4v) is 4.52. The Morgan fingerprint density at radius 3 is 2.63 bits per heavy atom. The summed E-state index contributed by atoms with van der Waals surface area (Å²) in [5.41, 5.74) is 1.72. The summed E-state index contributed by atoms with van der Waals surface area (Å²) >= 11 is 7.40. The number of amides is 1. The average molecular weight is 445 g/mol. The summed E-state index contributed by atoms with van der Waals surface area (Å²) < 4.78 is 13.3. The third-order valence-electron chi connectivity index (χ3n) is 5.19. The standard InChI is InChI=1S/C22H22ClFN4OS/c1-28-11-9-22(10-12-28)26-20(15-5-7-16(23)8-6-15)21(27-22)30-14-19(29)25-18-4-2-3-17(24)13-18/h2-8,13H,9-12,14H2,1H3,(H,25,29). The van der Waals surface area contributed by atoms with E-state index in [1.165, 1.54) is 23.9 Å². The molecule has 30 heavy (non-hydrogen) atoms. The van der Waals surface area contributed by atoms with E-state index in [-0.39, 0.29) is 17.5 Å². The maximum atomic E-state index is 13.3. The van der Waals surface area contributed by atoms with Crippen LogP contribution in [0.15, 0.2) is 58.5 Å². The lowest BCUT2D eigenvalue weighted by Gasteiger charge is -2.33. The van der Waals surface area contributed by atoms with Crippen molar-refractivity contribution in [2.75, 3.05) is 31.2 Å². The number of hydrogen-bond acceptors (Lipinski definition) is 5. The van der Waals surface area contributed by atoms with Gasteiger partial charge in [0.05, 0.1) is 11.5 Å². The molecule has 0 radical (unpaired) electrons. The second-order valence-electron chi connectivity index (χ2n) is 7.52. The number of hydrogen-bond donors (Lipinski definition) is 1. The molecule has 0 unspecified atom stereocenters. The summed E-state index contributed by atoms with van der Waals surface area (Å²) in [6, 6.07) is 13.4. The van der Waals surface area contributed by atoms with Crippen LogP contribution in [0.4, 0.5) is 10.1 Å². The highest BCUT2D eigenvalue weighted by molar-refractivity contribution is 8.16. The van der Waals surface area contributed by atoms with Crippen LogP contribution in [0.25, 0.3) is 0 Å². The topological polar surface area (TPSA) is 57.1 Å². The van der Waals surface area contributed by atoms with Crippen molar-refractivity contribution >= 4 is 45.7 Å². The molecule has 2 aliphatic rings. The number of benzene rings is 2. The minimum absolute atomic E-state index is 0.165. The van der Waals surface area contributed by atoms with Crippen molar-refractivity contribution in [3.8, 4) is 0 Å². The van der Waals surface area contributed by atoms with E-state index in [4.69, 9.17) is 21.6 Å². The zero-order chi connectivity index (χ0) is 21.1. The molecule has 0 aliphatic carbocycles. The Labute approximate surface area is 184 Å². The summed E-state index contributed by atoms with van der Waals surface area (Å²) in [5.74, 6) is -0.437. The van der Waals surface area contributed by atoms with Crippen LogP contribution in [0.1, 0.15) is 18.4 Å². The van der Waals surface area contributed by atoms with E-state index in [9.17, 15) is 9.18 Å². The Morgan fingerprint density at radius 1 is 1.20 bits per heavy atom. The van der Waals surface area contributed by atoms with Gasteiger partial charge in [-0.1, -0.05) is 41.6 Å². The molecule has 0 atom stereocenters. The molecule has 0 aromatic heterocycles. The number of piperidine rings is 1. The van der Waals surface area contributed by atoms with Crippen molar-refractivity contribution in [3.63, 3.8) is 0 Å². The second kappa shape index (κ2) is 8.88. The van der Waals surface area contributed by atoms with Crippen LogP contribution in [0, 0.1) is 5.82 Å². The van der Waals surface area contributed by atoms with Crippen LogP contribution in [-0.4, -0.2) is 53.1 Å². The SMILES string of the molecule is CN1CCC2(CC1)N=C(SCC(=O)Nc1cccc(F)c1)C(c1ccc(Cl)cc1)=N2. The van der Waals surface area contributed by atoms with Crippen LogP contribution in [0.5, 0.6) is 0 Å². The third-order valence-corrected chi connectivity index (χ3v) is 6.40. The van der Waals surface area contributed by atoms with Gasteiger partial charge in [-0.3, -0.25) is 9.79 Å². The minimum Gasteiger partial charge on any atom is -0.325 e. The first-order valence-corrected chi connectivity index (χ1v) is 11.1. The molecule has 8 heteroatoms. The molecule has 1 saturated heterocycles. The van der Waals surface area contributed by atoms with E-state index < -0.39 is 5.66 Å². The number of likely N-dealkylation sites (tertiary alicyclic amines) is 1. The van der Waals surface area contributed by atoms with Gasteiger partial charge >= 0.3 is 0 Å². The van der Waals surface area contributed by atoms with Gasteiger partial charge in [0.15, 0.2) is 5.66 Å². The number of carbonyl (C=O) groups is 1. The highest BCUT2D eigenvalue weighted by atomic mass is 35.5. The molecular formula is C22H22ClFN4OS. The quantitative estimate of drug-likeness (QED) is 0.756. The Kier molecular flexibility index (Phi) is 6.22. The largest absolute Gasteiger partial charge is 0.325 e. The van der Waals surface area contributed by atoms with Crippen molar-refractivity contribution in [2.24, 2.45) is 9.98 Å². The van der Waals surface area contributed by atoms with Gasteiger partial charge in [0.1, 0.15) is 10.9 Å². The number of thioether (sulfide) groups is 1. The van der Waals surface area contributed by atoms with Crippen LogP contribution in [0.3, 0.4) is 0 Å². The first-order chi connectivity index (χ1) is 14.4. The van der Waals surface area contributed by atoms with Crippen molar-refractivity contribution in [2.45, 2.75) is 18.5 Å². The normalized spacial score (nSPS) is 18.2. The molecule has 5 nitrogen and oxygen atoms in total. The summed E-state index contributed by atoms with van der Waals surface area (Å²) in [6.07, 6.45) is 1.69. The van der Waals surface area contributed by atoms with E-state index >= 15 is 0 Å². The molecule has 1 spiro atoms. The predicted molar refractivity (Wildman–Crippen MR) is 122 cm³/mol. The van der Waals surface area contributed by atoms with Gasteiger partial charge < -0.3 is 10.2 Å². The Bertz CT molecular complexity index is 1000. The first kappa shape index (κ1) is 21.0. The molecule has 4 rings (SSSR count). The molecule has 156 valence electrons. The zero-order valence-corrected chi connectivity index (χ0v) is 18.1. The molecule has 2 heterocycles. The van der Waals surface area contributed by atoms with Crippen molar-refractivity contribution in [3.05, 3.63) is 64.9 Å². The predicted octanol–water partition coefficient (Wildman–Crippen LogP) is 4.47. The fraction of sp³-hybridized carbons (Fsp3) is 0.318. The number of rotatable bonds is 4. The summed E-state index contributed by atoms with van der Waals surface area (Å²) in [7, 11) is 2.10. The van der Waals surface area contributed by atoms with Gasteiger partial charge in [0.25, 0.3) is 0 Å². The van der Waals surface area contributed by atoms with Gasteiger partial charge in [0.2, 0.25) is 5.91 Å². The first-order valence-electron chi connectivity index (χ1n) is 9.75. The number of nitrogens with one attached hydrogen (secondary N) is 1. The number of aliphatic imine (C=N–C) groups is 2. The van der Waals surface area contributed by atoms with Gasteiger partial charge in [-0.25, -0.2) is 9.38 Å². The number of halogens is 2. The molecule has 1 fully saturated rings. The number of nitrogens with zero attached hydrogens (tertiary/aromatic N) is 3. The molecule has 0 saturated carbocycles. The lowest BCUT2D eigenvalue weighted by molar-refractivity contribution is -0.113. The highest BCUT2D eigenvalue weighted by Crippen LogP contribution is 2.35. The van der Waals surface area contributed by atoms with Gasteiger partial charge in [-0.15, -0.1) is 0 Å². The lowest BCUT2D eigenvalue weighted by Crippen LogP contribution is -2.39. The molecule has 2 aliphatic heterocycles. The molecular weight excluding hydrogens is 423 g/mol. The van der Waals surface area contributed by atoms with Gasteiger partial charge in [-0.2, -0.15) is 0 Å². The monoisotopic (exact) mass is 444 g/mol. The zero-order valence-electron chi connectivity index (χ0n) is 16.6. The van der Waals surface area contributed by atoms with Crippen LogP contribution < -0.4 is 5.32 Å². The maximum absolute atomic E-state index is 13.3. The smallest absolute Gasteiger partial charge is 0.234 e. The Hall–Kier alpha value is -2.22. The average Bonchev–Trinajstić information content (AvgIpc) is 3.08. The van der Waals surface area contributed by atoms with E-state index in [2.05, 4.69) is 17.3 Å². The fourth-order valence-electron chi connectivity index (χ4n) is 3.52. The van der Waals surface area contributed by atoms with Gasteiger partial charge in [0, 0.05) is 42.2 Å². The summed E-state index contributed by atoms with van der Waals surface area (Å²) in [6.45, 7) is 1.86. The van der Waals surface area contributed by atoms with Crippen LogP contribution in [-0.2, 0) is 4.79 Å². The number of carbonyl (C=O) groups excluding carboxylic acids is 1. The van der Waals surface area contributed by atoms with Crippen LogP contribution in [0.2, 0.25) is 5.02 Å². The van der Waals surface area contributed by atoms with E-state index in [0.717, 1.165) is 42.3 Å². The Morgan fingerprint density at radius 2 is 1.93 bits per heavy atom. The minimum atomic E-state index is -0.456. The molecule has 2 aromatic rings. The van der Waals surface area contributed by atoms with E-state index in [1.54, 1.807) is 12.1 Å². The van der Waals surface area contributed by atoms with Crippen molar-refractivity contribution in [1.29, 1.82) is 0 Å². The van der Waals surface area contributed by atoms with Gasteiger partial charge in [-0.05, 0) is 37.4 Å². The molecule has 0 bridgehead atoms. The highest BCUT2D eigenvalue weighted by Gasteiger charge is 2.39. The molecule has 1 amide bonds.